The lowest BCUT2D eigenvalue weighted by atomic mass is 10.1. The quantitative estimate of drug-likeness (QED) is 0.646. The van der Waals surface area contributed by atoms with Crippen LogP contribution < -0.4 is 5.48 Å². The van der Waals surface area contributed by atoms with Crippen molar-refractivity contribution >= 4 is 22.5 Å². The number of halogens is 1. The number of hydroxylamine groups is 1. The van der Waals surface area contributed by atoms with E-state index in [-0.39, 0.29) is 0 Å². The van der Waals surface area contributed by atoms with E-state index in [4.69, 9.17) is 16.8 Å². The number of rotatable bonds is 2. The molecule has 2 aromatic rings. The molecule has 0 amide bonds. The van der Waals surface area contributed by atoms with Crippen LogP contribution in [0.1, 0.15) is 5.56 Å². The molecule has 0 aliphatic carbocycles. The number of aromatic nitrogens is 1. The van der Waals surface area contributed by atoms with Gasteiger partial charge in [-0.3, -0.25) is 0 Å². The Labute approximate surface area is 80.3 Å². The molecule has 3 nitrogen and oxygen atoms in total. The number of fused-ring (bicyclic) bond motifs is 1. The van der Waals surface area contributed by atoms with E-state index >= 15 is 0 Å². The number of benzene rings is 1. The molecule has 0 spiro atoms. The van der Waals surface area contributed by atoms with E-state index in [1.807, 2.05) is 18.2 Å². The van der Waals surface area contributed by atoms with E-state index in [9.17, 15) is 0 Å². The zero-order valence-corrected chi connectivity index (χ0v) is 7.60. The largest absolute Gasteiger partial charge is 0.359 e. The molecule has 0 saturated carbocycles. The molecule has 1 aromatic carbocycles. The molecule has 0 saturated heterocycles. The fraction of sp³-hybridized carbons (Fsp3) is 0.111. The summed E-state index contributed by atoms with van der Waals surface area (Å²) >= 11 is 5.93. The highest BCUT2D eigenvalue weighted by Gasteiger charge is 2.04. The van der Waals surface area contributed by atoms with Crippen molar-refractivity contribution in [2.45, 2.75) is 6.54 Å². The summed E-state index contributed by atoms with van der Waals surface area (Å²) in [4.78, 5) is 3.06. The van der Waals surface area contributed by atoms with Crippen LogP contribution >= 0.6 is 11.6 Å². The molecular weight excluding hydrogens is 188 g/mol. The molecule has 13 heavy (non-hydrogen) atoms. The summed E-state index contributed by atoms with van der Waals surface area (Å²) in [5.74, 6) is 0. The van der Waals surface area contributed by atoms with Crippen molar-refractivity contribution in [2.24, 2.45) is 0 Å². The highest BCUT2D eigenvalue weighted by atomic mass is 35.5. The highest BCUT2D eigenvalue weighted by molar-refractivity contribution is 6.35. The minimum atomic E-state index is 0.411. The van der Waals surface area contributed by atoms with Gasteiger partial charge in [-0.25, -0.2) is 5.48 Å². The average molecular weight is 197 g/mol. The maximum Gasteiger partial charge on any atom is 0.0659 e. The van der Waals surface area contributed by atoms with Crippen LogP contribution in [0, 0.1) is 0 Å². The van der Waals surface area contributed by atoms with Crippen LogP contribution in [-0.4, -0.2) is 10.2 Å². The van der Waals surface area contributed by atoms with Crippen LogP contribution in [0.15, 0.2) is 24.4 Å². The summed E-state index contributed by atoms with van der Waals surface area (Å²) in [6.45, 7) is 0.411. The maximum atomic E-state index is 8.59. The Hall–Kier alpha value is -1.03. The molecule has 0 bridgehead atoms. The molecule has 4 heteroatoms. The number of hydrogen-bond acceptors (Lipinski definition) is 2. The van der Waals surface area contributed by atoms with Crippen molar-refractivity contribution in [3.63, 3.8) is 0 Å². The van der Waals surface area contributed by atoms with Gasteiger partial charge in [0.15, 0.2) is 0 Å². The lowest BCUT2D eigenvalue weighted by molar-refractivity contribution is 0.161. The monoisotopic (exact) mass is 196 g/mol. The highest BCUT2D eigenvalue weighted by Crippen LogP contribution is 2.25. The van der Waals surface area contributed by atoms with Gasteiger partial charge >= 0.3 is 0 Å². The molecule has 3 N–H and O–H groups in total. The van der Waals surface area contributed by atoms with Crippen LogP contribution in [0.2, 0.25) is 5.02 Å². The first-order chi connectivity index (χ1) is 6.33. The van der Waals surface area contributed by atoms with Gasteiger partial charge < -0.3 is 10.2 Å². The van der Waals surface area contributed by atoms with Gasteiger partial charge in [-0.2, -0.15) is 0 Å². The van der Waals surface area contributed by atoms with E-state index in [0.29, 0.717) is 11.6 Å². The van der Waals surface area contributed by atoms with Gasteiger partial charge in [0, 0.05) is 18.1 Å². The van der Waals surface area contributed by atoms with E-state index in [2.05, 4.69) is 10.5 Å². The van der Waals surface area contributed by atoms with Crippen LogP contribution in [0.3, 0.4) is 0 Å². The summed E-state index contributed by atoms with van der Waals surface area (Å²) in [6.07, 6.45) is 1.74. The molecule has 0 aliphatic heterocycles. The fourth-order valence-corrected chi connectivity index (χ4v) is 1.63. The summed E-state index contributed by atoms with van der Waals surface area (Å²) < 4.78 is 0. The summed E-state index contributed by atoms with van der Waals surface area (Å²) in [7, 11) is 0. The minimum Gasteiger partial charge on any atom is -0.359 e. The summed E-state index contributed by atoms with van der Waals surface area (Å²) in [5, 5.41) is 10.3. The van der Waals surface area contributed by atoms with Gasteiger partial charge in [-0.05, 0) is 5.56 Å². The third-order valence-electron chi connectivity index (χ3n) is 2.02. The molecule has 0 aliphatic rings. The van der Waals surface area contributed by atoms with Crippen molar-refractivity contribution in [3.8, 4) is 0 Å². The van der Waals surface area contributed by atoms with E-state index in [1.165, 1.54) is 0 Å². The number of aromatic amines is 1. The van der Waals surface area contributed by atoms with Crippen LogP contribution in [-0.2, 0) is 6.54 Å². The number of hydrogen-bond donors (Lipinski definition) is 3. The molecule has 68 valence electrons. The topological polar surface area (TPSA) is 48.0 Å². The van der Waals surface area contributed by atoms with E-state index in [0.717, 1.165) is 16.5 Å². The van der Waals surface area contributed by atoms with Gasteiger partial charge in [0.05, 0.1) is 10.5 Å². The predicted octanol–water partition coefficient (Wildman–Crippen LogP) is 2.30. The van der Waals surface area contributed by atoms with Gasteiger partial charge in [0.25, 0.3) is 0 Å². The van der Waals surface area contributed by atoms with Gasteiger partial charge in [0.2, 0.25) is 0 Å². The van der Waals surface area contributed by atoms with E-state index < -0.39 is 0 Å². The van der Waals surface area contributed by atoms with Crippen molar-refractivity contribution in [1.82, 2.24) is 10.5 Å². The molecule has 0 fully saturated rings. The average Bonchev–Trinajstić information content (AvgIpc) is 2.50. The first-order valence-corrected chi connectivity index (χ1v) is 4.32. The van der Waals surface area contributed by atoms with Crippen LogP contribution in [0.5, 0.6) is 0 Å². The molecule has 0 radical (unpaired) electrons. The molecule has 2 rings (SSSR count). The second kappa shape index (κ2) is 3.38. The second-order valence-electron chi connectivity index (χ2n) is 2.81. The Morgan fingerprint density at radius 3 is 3.08 bits per heavy atom. The van der Waals surface area contributed by atoms with E-state index in [1.54, 1.807) is 6.20 Å². The second-order valence-corrected chi connectivity index (χ2v) is 3.22. The normalized spacial score (nSPS) is 10.9. The lowest BCUT2D eigenvalue weighted by Crippen LogP contribution is -2.06. The molecule has 1 heterocycles. The third kappa shape index (κ3) is 1.42. The standard InChI is InChI=1S/C9H9ClN2O/c10-8-5-11-9-6(4-12-13)2-1-3-7(8)9/h1-3,5,11-13H,4H2. The van der Waals surface area contributed by atoms with Crippen LogP contribution in [0.4, 0.5) is 0 Å². The molecule has 1 aromatic heterocycles. The Morgan fingerprint density at radius 2 is 2.31 bits per heavy atom. The van der Waals surface area contributed by atoms with Crippen molar-refractivity contribution < 1.29 is 5.21 Å². The third-order valence-corrected chi connectivity index (χ3v) is 2.33. The SMILES string of the molecule is ONCc1cccc2c(Cl)c[nH]c12. The van der Waals surface area contributed by atoms with Crippen molar-refractivity contribution in [1.29, 1.82) is 0 Å². The predicted molar refractivity (Wildman–Crippen MR) is 51.9 cm³/mol. The Balaban J connectivity index is 2.63. The Bertz CT molecular complexity index is 424. The summed E-state index contributed by atoms with van der Waals surface area (Å²) in [6, 6.07) is 5.78. The first-order valence-electron chi connectivity index (χ1n) is 3.94. The lowest BCUT2D eigenvalue weighted by Gasteiger charge is -2.00. The molecule has 0 unspecified atom stereocenters. The van der Waals surface area contributed by atoms with Crippen molar-refractivity contribution in [3.05, 3.63) is 35.0 Å². The summed E-state index contributed by atoms with van der Waals surface area (Å²) in [5.41, 5.74) is 4.08. The van der Waals surface area contributed by atoms with Gasteiger partial charge in [0.1, 0.15) is 0 Å². The zero-order valence-electron chi connectivity index (χ0n) is 6.84. The zero-order chi connectivity index (χ0) is 9.26. The minimum absolute atomic E-state index is 0.411. The molecular formula is C9H9ClN2O. The smallest absolute Gasteiger partial charge is 0.0659 e. The Morgan fingerprint density at radius 1 is 1.46 bits per heavy atom. The maximum absolute atomic E-state index is 8.59. The first kappa shape index (κ1) is 8.56. The number of H-pyrrole nitrogens is 1. The fourth-order valence-electron chi connectivity index (χ4n) is 1.42. The van der Waals surface area contributed by atoms with Gasteiger partial charge in [-0.15, -0.1) is 0 Å². The Kier molecular flexibility index (Phi) is 2.22. The number of nitrogens with one attached hydrogen (secondary N) is 2. The number of para-hydroxylation sites is 1. The van der Waals surface area contributed by atoms with Crippen molar-refractivity contribution in [2.75, 3.05) is 0 Å². The molecule has 0 atom stereocenters. The van der Waals surface area contributed by atoms with Crippen LogP contribution in [0.25, 0.3) is 10.9 Å². The van der Waals surface area contributed by atoms with Gasteiger partial charge in [-0.1, -0.05) is 29.8 Å².